The van der Waals surface area contributed by atoms with Crippen LogP contribution in [0.4, 0.5) is 0 Å². The number of hydrogen-bond acceptors (Lipinski definition) is 2. The van der Waals surface area contributed by atoms with Gasteiger partial charge >= 0.3 is 0 Å². The molecule has 1 atom stereocenters. The summed E-state index contributed by atoms with van der Waals surface area (Å²) in [6.07, 6.45) is 0. The largest absolute Gasteiger partial charge is 0.394 e. The highest BCUT2D eigenvalue weighted by molar-refractivity contribution is 5.31. The maximum Gasteiger partial charge on any atom is 0.0652 e. The van der Waals surface area contributed by atoms with Crippen molar-refractivity contribution in [1.82, 2.24) is 5.32 Å². The molecule has 2 nitrogen and oxygen atoms in total. The number of aliphatic hydroxyl groups is 1. The summed E-state index contributed by atoms with van der Waals surface area (Å²) < 4.78 is 0. The summed E-state index contributed by atoms with van der Waals surface area (Å²) >= 11 is 0. The van der Waals surface area contributed by atoms with E-state index in [1.165, 1.54) is 5.56 Å². The minimum atomic E-state index is -0.342. The van der Waals surface area contributed by atoms with Crippen LogP contribution in [-0.2, 0) is 11.0 Å². The Kier molecular flexibility index (Phi) is 4.34. The van der Waals surface area contributed by atoms with Crippen LogP contribution in [0.1, 0.15) is 45.7 Å². The molecule has 0 amide bonds. The van der Waals surface area contributed by atoms with Crippen LogP contribution < -0.4 is 5.32 Å². The van der Waals surface area contributed by atoms with Gasteiger partial charge in [0.25, 0.3) is 0 Å². The standard InChI is InChI=1S/C15H25NO/c1-6-16-15(5,11-17)13-9-7-12(8-10-13)14(2,3)4/h7-10,16-17H,6,11H2,1-5H3. The molecule has 1 rings (SSSR count). The van der Waals surface area contributed by atoms with E-state index in [4.69, 9.17) is 0 Å². The van der Waals surface area contributed by atoms with Crippen LogP contribution in [0.2, 0.25) is 0 Å². The second-order valence-corrected chi connectivity index (χ2v) is 5.85. The third kappa shape index (κ3) is 3.30. The fourth-order valence-electron chi connectivity index (χ4n) is 1.98. The first-order valence-electron chi connectivity index (χ1n) is 6.30. The fourth-order valence-corrected chi connectivity index (χ4v) is 1.98. The molecule has 96 valence electrons. The molecule has 0 aliphatic heterocycles. The van der Waals surface area contributed by atoms with E-state index >= 15 is 0 Å². The van der Waals surface area contributed by atoms with E-state index in [1.54, 1.807) is 0 Å². The smallest absolute Gasteiger partial charge is 0.0652 e. The van der Waals surface area contributed by atoms with Crippen LogP contribution in [-0.4, -0.2) is 18.3 Å². The molecule has 0 saturated heterocycles. The zero-order valence-corrected chi connectivity index (χ0v) is 11.7. The van der Waals surface area contributed by atoms with Crippen molar-refractivity contribution in [2.24, 2.45) is 0 Å². The Morgan fingerprint density at radius 2 is 1.47 bits per heavy atom. The number of nitrogens with one attached hydrogen (secondary N) is 1. The zero-order chi connectivity index (χ0) is 13.1. The summed E-state index contributed by atoms with van der Waals surface area (Å²) in [6, 6.07) is 8.53. The average molecular weight is 235 g/mol. The third-order valence-electron chi connectivity index (χ3n) is 3.27. The topological polar surface area (TPSA) is 32.3 Å². The second kappa shape index (κ2) is 5.19. The maximum absolute atomic E-state index is 9.54. The lowest BCUT2D eigenvalue weighted by molar-refractivity contribution is 0.177. The molecule has 0 saturated carbocycles. The minimum absolute atomic E-state index is 0.107. The molecular formula is C15H25NO. The van der Waals surface area contributed by atoms with Crippen molar-refractivity contribution in [3.63, 3.8) is 0 Å². The summed E-state index contributed by atoms with van der Waals surface area (Å²) in [4.78, 5) is 0. The van der Waals surface area contributed by atoms with Crippen molar-refractivity contribution in [2.45, 2.75) is 45.6 Å². The van der Waals surface area contributed by atoms with Gasteiger partial charge < -0.3 is 10.4 Å². The number of benzene rings is 1. The molecule has 0 heterocycles. The summed E-state index contributed by atoms with van der Waals surface area (Å²) in [6.45, 7) is 11.7. The van der Waals surface area contributed by atoms with E-state index in [0.717, 1.165) is 12.1 Å². The molecule has 2 heteroatoms. The first-order chi connectivity index (χ1) is 7.83. The Balaban J connectivity index is 3.01. The van der Waals surface area contributed by atoms with Crippen LogP contribution in [0.25, 0.3) is 0 Å². The van der Waals surface area contributed by atoms with Crippen LogP contribution in [0.5, 0.6) is 0 Å². The fraction of sp³-hybridized carbons (Fsp3) is 0.600. The van der Waals surface area contributed by atoms with Crippen molar-refractivity contribution in [3.8, 4) is 0 Å². The Morgan fingerprint density at radius 3 is 1.82 bits per heavy atom. The van der Waals surface area contributed by atoms with Crippen LogP contribution in [0.3, 0.4) is 0 Å². The molecule has 1 aromatic rings. The maximum atomic E-state index is 9.54. The van der Waals surface area contributed by atoms with Gasteiger partial charge in [-0.3, -0.25) is 0 Å². The van der Waals surface area contributed by atoms with Gasteiger partial charge in [0, 0.05) is 0 Å². The normalized spacial score (nSPS) is 15.6. The molecule has 0 aromatic heterocycles. The average Bonchev–Trinajstić information content (AvgIpc) is 2.28. The quantitative estimate of drug-likeness (QED) is 0.841. The summed E-state index contributed by atoms with van der Waals surface area (Å²) in [5, 5.41) is 12.9. The van der Waals surface area contributed by atoms with Crippen LogP contribution in [0, 0.1) is 0 Å². The van der Waals surface area contributed by atoms with Gasteiger partial charge in [-0.05, 0) is 30.0 Å². The van der Waals surface area contributed by atoms with Gasteiger partial charge in [0.15, 0.2) is 0 Å². The third-order valence-corrected chi connectivity index (χ3v) is 3.27. The van der Waals surface area contributed by atoms with Gasteiger partial charge in [0.2, 0.25) is 0 Å². The lowest BCUT2D eigenvalue weighted by Gasteiger charge is -2.30. The van der Waals surface area contributed by atoms with E-state index in [0.29, 0.717) is 0 Å². The predicted molar refractivity (Wildman–Crippen MR) is 73.3 cm³/mol. The molecule has 1 aromatic carbocycles. The molecule has 1 unspecified atom stereocenters. The predicted octanol–water partition coefficient (Wildman–Crippen LogP) is 2.80. The van der Waals surface area contributed by atoms with Gasteiger partial charge in [-0.15, -0.1) is 0 Å². The minimum Gasteiger partial charge on any atom is -0.394 e. The molecule has 0 aliphatic rings. The highest BCUT2D eigenvalue weighted by atomic mass is 16.3. The van der Waals surface area contributed by atoms with Crippen molar-refractivity contribution in [3.05, 3.63) is 35.4 Å². The number of likely N-dealkylation sites (N-methyl/N-ethyl adjacent to an activating group) is 1. The number of rotatable bonds is 4. The molecule has 17 heavy (non-hydrogen) atoms. The Morgan fingerprint density at radius 1 is 1.00 bits per heavy atom. The summed E-state index contributed by atoms with van der Waals surface area (Å²) in [7, 11) is 0. The van der Waals surface area contributed by atoms with Gasteiger partial charge in [-0.1, -0.05) is 52.0 Å². The van der Waals surface area contributed by atoms with Crippen molar-refractivity contribution in [1.29, 1.82) is 0 Å². The molecule has 0 radical (unpaired) electrons. The molecule has 2 N–H and O–H groups in total. The van der Waals surface area contributed by atoms with E-state index < -0.39 is 0 Å². The Hall–Kier alpha value is -0.860. The van der Waals surface area contributed by atoms with E-state index in [2.05, 4.69) is 57.3 Å². The van der Waals surface area contributed by atoms with Gasteiger partial charge in [0.1, 0.15) is 0 Å². The van der Waals surface area contributed by atoms with Crippen molar-refractivity contribution >= 4 is 0 Å². The van der Waals surface area contributed by atoms with Crippen molar-refractivity contribution < 1.29 is 5.11 Å². The first kappa shape index (κ1) is 14.2. The summed E-state index contributed by atoms with van der Waals surface area (Å²) in [5.74, 6) is 0. The molecule has 0 aliphatic carbocycles. The SMILES string of the molecule is CCNC(C)(CO)c1ccc(C(C)(C)C)cc1. The van der Waals surface area contributed by atoms with Gasteiger partial charge in [-0.25, -0.2) is 0 Å². The van der Waals surface area contributed by atoms with E-state index in [-0.39, 0.29) is 17.6 Å². The molecule has 0 spiro atoms. The summed E-state index contributed by atoms with van der Waals surface area (Å²) in [5.41, 5.74) is 2.28. The first-order valence-corrected chi connectivity index (χ1v) is 6.30. The van der Waals surface area contributed by atoms with Gasteiger partial charge in [-0.2, -0.15) is 0 Å². The van der Waals surface area contributed by atoms with Crippen LogP contribution >= 0.6 is 0 Å². The highest BCUT2D eigenvalue weighted by Crippen LogP contribution is 2.26. The van der Waals surface area contributed by atoms with Crippen molar-refractivity contribution in [2.75, 3.05) is 13.2 Å². The molecular weight excluding hydrogens is 210 g/mol. The number of hydrogen-bond donors (Lipinski definition) is 2. The highest BCUT2D eigenvalue weighted by Gasteiger charge is 2.24. The lowest BCUT2D eigenvalue weighted by Crippen LogP contribution is -2.42. The molecule has 0 bridgehead atoms. The zero-order valence-electron chi connectivity index (χ0n) is 11.7. The Labute approximate surface area is 105 Å². The monoisotopic (exact) mass is 235 g/mol. The Bertz CT molecular complexity index is 350. The lowest BCUT2D eigenvalue weighted by atomic mass is 9.84. The second-order valence-electron chi connectivity index (χ2n) is 5.85. The van der Waals surface area contributed by atoms with E-state index in [1.807, 2.05) is 6.92 Å². The van der Waals surface area contributed by atoms with Gasteiger partial charge in [0.05, 0.1) is 12.1 Å². The van der Waals surface area contributed by atoms with E-state index in [9.17, 15) is 5.11 Å². The number of aliphatic hydroxyl groups excluding tert-OH is 1. The van der Waals surface area contributed by atoms with Crippen LogP contribution in [0.15, 0.2) is 24.3 Å². The molecule has 0 fully saturated rings.